The molecular weight excluding hydrogens is 431 g/mol. The lowest BCUT2D eigenvalue weighted by atomic mass is 10.1. The van der Waals surface area contributed by atoms with E-state index in [2.05, 4.69) is 26.1 Å². The van der Waals surface area contributed by atoms with E-state index in [1.54, 1.807) is 0 Å². The first-order valence-corrected chi connectivity index (χ1v) is 9.36. The summed E-state index contributed by atoms with van der Waals surface area (Å²) in [7, 11) is 0. The average Bonchev–Trinajstić information content (AvgIpc) is 2.65. The van der Waals surface area contributed by atoms with Crippen molar-refractivity contribution in [2.24, 2.45) is 0 Å². The standard InChI is InChI=1S/C19H16Cl2N6O3/c1-10-5-11(2)7-13(6-10)24-17-16(27(29)30)18(23-9-22-17)25-26-19(28)14-4-3-12(20)8-15(14)21/h3-9H,1-2H3,(H,26,28)(H2,22,23,24,25). The number of benzene rings is 2. The highest BCUT2D eigenvalue weighted by Crippen LogP contribution is 2.31. The summed E-state index contributed by atoms with van der Waals surface area (Å²) in [6.45, 7) is 3.83. The van der Waals surface area contributed by atoms with Crippen LogP contribution >= 0.6 is 23.2 Å². The Labute approximate surface area is 181 Å². The second kappa shape index (κ2) is 8.93. The third-order valence-corrected chi connectivity index (χ3v) is 4.51. The number of aromatic nitrogens is 2. The molecule has 3 rings (SSSR count). The molecule has 9 nitrogen and oxygen atoms in total. The quantitative estimate of drug-likeness (QED) is 0.366. The molecule has 1 aromatic heterocycles. The van der Waals surface area contributed by atoms with Gasteiger partial charge in [-0.1, -0.05) is 29.3 Å². The van der Waals surface area contributed by atoms with E-state index in [9.17, 15) is 14.9 Å². The molecule has 1 heterocycles. The van der Waals surface area contributed by atoms with Crippen LogP contribution in [0.25, 0.3) is 0 Å². The molecule has 0 unspecified atom stereocenters. The van der Waals surface area contributed by atoms with Gasteiger partial charge in [-0.05, 0) is 55.3 Å². The third-order valence-electron chi connectivity index (χ3n) is 3.96. The zero-order valence-corrected chi connectivity index (χ0v) is 17.4. The summed E-state index contributed by atoms with van der Waals surface area (Å²) >= 11 is 11.8. The minimum absolute atomic E-state index is 0.0266. The van der Waals surface area contributed by atoms with Gasteiger partial charge >= 0.3 is 5.69 Å². The number of hydrogen-bond acceptors (Lipinski definition) is 7. The minimum Gasteiger partial charge on any atom is -0.334 e. The van der Waals surface area contributed by atoms with Crippen molar-refractivity contribution < 1.29 is 9.72 Å². The summed E-state index contributed by atoms with van der Waals surface area (Å²) < 4.78 is 0. The highest BCUT2D eigenvalue weighted by molar-refractivity contribution is 6.36. The zero-order valence-electron chi connectivity index (χ0n) is 15.9. The second-order valence-electron chi connectivity index (χ2n) is 6.38. The number of aryl methyl sites for hydroxylation is 2. The first-order chi connectivity index (χ1) is 14.2. The molecule has 0 aliphatic carbocycles. The lowest BCUT2D eigenvalue weighted by molar-refractivity contribution is -0.383. The van der Waals surface area contributed by atoms with E-state index in [1.807, 2.05) is 32.0 Å². The number of anilines is 3. The maximum atomic E-state index is 12.4. The van der Waals surface area contributed by atoms with Crippen molar-refractivity contribution in [1.82, 2.24) is 15.4 Å². The van der Waals surface area contributed by atoms with E-state index in [-0.39, 0.29) is 22.2 Å². The molecule has 0 aliphatic heterocycles. The summed E-state index contributed by atoms with van der Waals surface area (Å²) in [4.78, 5) is 31.2. The first kappa shape index (κ1) is 21.3. The van der Waals surface area contributed by atoms with Crippen LogP contribution in [0.1, 0.15) is 21.5 Å². The van der Waals surface area contributed by atoms with Crippen LogP contribution in [0.2, 0.25) is 10.0 Å². The highest BCUT2D eigenvalue weighted by Gasteiger charge is 2.24. The number of hydrogen-bond donors (Lipinski definition) is 3. The van der Waals surface area contributed by atoms with Crippen LogP contribution in [-0.4, -0.2) is 20.8 Å². The number of carbonyl (C=O) groups excluding carboxylic acids is 1. The van der Waals surface area contributed by atoms with Crippen LogP contribution in [0, 0.1) is 24.0 Å². The molecule has 154 valence electrons. The highest BCUT2D eigenvalue weighted by atomic mass is 35.5. The fourth-order valence-electron chi connectivity index (χ4n) is 2.78. The molecule has 0 atom stereocenters. The van der Waals surface area contributed by atoms with Crippen LogP contribution in [0.15, 0.2) is 42.7 Å². The van der Waals surface area contributed by atoms with Gasteiger partial charge in [0, 0.05) is 10.7 Å². The van der Waals surface area contributed by atoms with Crippen molar-refractivity contribution in [2.75, 3.05) is 10.7 Å². The van der Waals surface area contributed by atoms with E-state index in [1.165, 1.54) is 18.2 Å². The second-order valence-corrected chi connectivity index (χ2v) is 7.22. The number of nitrogens with one attached hydrogen (secondary N) is 3. The summed E-state index contributed by atoms with van der Waals surface area (Å²) in [6, 6.07) is 9.98. The zero-order chi connectivity index (χ0) is 21.8. The molecule has 0 aliphatic rings. The van der Waals surface area contributed by atoms with Crippen LogP contribution < -0.4 is 16.2 Å². The Hall–Kier alpha value is -3.43. The van der Waals surface area contributed by atoms with Crippen molar-refractivity contribution in [3.63, 3.8) is 0 Å². The van der Waals surface area contributed by atoms with E-state index < -0.39 is 16.5 Å². The van der Waals surface area contributed by atoms with Crippen molar-refractivity contribution in [3.8, 4) is 0 Å². The Morgan fingerprint density at radius 1 is 1.03 bits per heavy atom. The molecule has 3 aromatic rings. The Morgan fingerprint density at radius 2 is 1.70 bits per heavy atom. The lowest BCUT2D eigenvalue weighted by Gasteiger charge is -2.12. The van der Waals surface area contributed by atoms with Crippen LogP contribution in [-0.2, 0) is 0 Å². The molecule has 3 N–H and O–H groups in total. The number of carbonyl (C=O) groups is 1. The van der Waals surface area contributed by atoms with Gasteiger partial charge in [0.25, 0.3) is 5.91 Å². The van der Waals surface area contributed by atoms with Crippen molar-refractivity contribution in [2.45, 2.75) is 13.8 Å². The summed E-state index contributed by atoms with van der Waals surface area (Å²) in [5, 5.41) is 15.1. The SMILES string of the molecule is Cc1cc(C)cc(Nc2ncnc(NNC(=O)c3ccc(Cl)cc3Cl)c2[N+](=O)[O-])c1. The number of rotatable bonds is 6. The molecule has 11 heteroatoms. The normalized spacial score (nSPS) is 10.4. The molecule has 0 saturated carbocycles. The van der Waals surface area contributed by atoms with Crippen molar-refractivity contribution in [1.29, 1.82) is 0 Å². The summed E-state index contributed by atoms with van der Waals surface area (Å²) in [5.41, 5.74) is 7.12. The largest absolute Gasteiger partial charge is 0.355 e. The van der Waals surface area contributed by atoms with Gasteiger partial charge in [0.15, 0.2) is 0 Å². The van der Waals surface area contributed by atoms with Crippen LogP contribution in [0.5, 0.6) is 0 Å². The van der Waals surface area contributed by atoms with Crippen LogP contribution in [0.4, 0.5) is 23.0 Å². The predicted octanol–water partition coefficient (Wildman–Crippen LogP) is 4.81. The minimum atomic E-state index is -0.644. The molecule has 30 heavy (non-hydrogen) atoms. The summed E-state index contributed by atoms with van der Waals surface area (Å²) in [6.07, 6.45) is 1.14. The van der Waals surface area contributed by atoms with Gasteiger partial charge in [-0.15, -0.1) is 0 Å². The number of halogens is 2. The molecule has 2 aromatic carbocycles. The fraction of sp³-hybridized carbons (Fsp3) is 0.105. The molecule has 0 spiro atoms. The monoisotopic (exact) mass is 446 g/mol. The lowest BCUT2D eigenvalue weighted by Crippen LogP contribution is -2.30. The number of nitrogens with zero attached hydrogens (tertiary/aromatic N) is 3. The van der Waals surface area contributed by atoms with Crippen molar-refractivity contribution in [3.05, 3.63) is 79.6 Å². The molecule has 0 saturated heterocycles. The Balaban J connectivity index is 1.85. The maximum Gasteiger partial charge on any atom is 0.355 e. The number of amides is 1. The van der Waals surface area contributed by atoms with Gasteiger partial charge in [0.05, 0.1) is 15.5 Å². The Kier molecular flexibility index (Phi) is 6.34. The van der Waals surface area contributed by atoms with E-state index in [0.29, 0.717) is 10.7 Å². The van der Waals surface area contributed by atoms with Crippen LogP contribution in [0.3, 0.4) is 0 Å². The fourth-order valence-corrected chi connectivity index (χ4v) is 3.27. The number of hydrazine groups is 1. The Morgan fingerprint density at radius 3 is 2.33 bits per heavy atom. The molecule has 0 fully saturated rings. The number of nitro groups is 1. The Bertz CT molecular complexity index is 1120. The van der Waals surface area contributed by atoms with Gasteiger partial charge in [0.2, 0.25) is 11.6 Å². The first-order valence-electron chi connectivity index (χ1n) is 8.60. The van der Waals surface area contributed by atoms with Gasteiger partial charge in [0.1, 0.15) is 6.33 Å². The van der Waals surface area contributed by atoms with E-state index in [4.69, 9.17) is 23.2 Å². The molecule has 1 amide bonds. The maximum absolute atomic E-state index is 12.4. The molecular formula is C19H16Cl2N6O3. The third kappa shape index (κ3) is 4.94. The summed E-state index contributed by atoms with van der Waals surface area (Å²) in [5.74, 6) is -0.838. The van der Waals surface area contributed by atoms with E-state index in [0.717, 1.165) is 17.5 Å². The smallest absolute Gasteiger partial charge is 0.334 e. The van der Waals surface area contributed by atoms with E-state index >= 15 is 0 Å². The van der Waals surface area contributed by atoms with Gasteiger partial charge in [-0.25, -0.2) is 9.97 Å². The topological polar surface area (TPSA) is 122 Å². The molecule has 0 bridgehead atoms. The van der Waals surface area contributed by atoms with Gasteiger partial charge in [-0.2, -0.15) is 0 Å². The molecule has 0 radical (unpaired) electrons. The van der Waals surface area contributed by atoms with Gasteiger partial charge < -0.3 is 5.32 Å². The van der Waals surface area contributed by atoms with Gasteiger partial charge in [-0.3, -0.25) is 25.8 Å². The van der Waals surface area contributed by atoms with Crippen molar-refractivity contribution >= 4 is 52.1 Å². The average molecular weight is 447 g/mol. The predicted molar refractivity (Wildman–Crippen MR) is 115 cm³/mol.